The van der Waals surface area contributed by atoms with E-state index in [0.717, 1.165) is 71.3 Å². The molecule has 0 aliphatic heterocycles. The molecule has 2 aromatic heterocycles. The summed E-state index contributed by atoms with van der Waals surface area (Å²) in [5.41, 5.74) is 6.47. The summed E-state index contributed by atoms with van der Waals surface area (Å²) in [5.74, 6) is 1.88. The first-order chi connectivity index (χ1) is 22.7. The fourth-order valence-electron chi connectivity index (χ4n) is 6.56. The summed E-state index contributed by atoms with van der Waals surface area (Å²) in [7, 11) is 0. The zero-order valence-corrected chi connectivity index (χ0v) is 25.2. The van der Waals surface area contributed by atoms with E-state index in [2.05, 4.69) is 60.7 Å². The Morgan fingerprint density at radius 3 is 1.43 bits per heavy atom. The molecule has 0 saturated heterocycles. The Balaban J connectivity index is 1.40. The Labute approximate surface area is 269 Å². The summed E-state index contributed by atoms with van der Waals surface area (Å²) in [5, 5.41) is 6.82. The van der Waals surface area contributed by atoms with Crippen molar-refractivity contribution in [1.29, 1.82) is 0 Å². The minimum atomic E-state index is 0.622. The minimum absolute atomic E-state index is 0.622. The van der Waals surface area contributed by atoms with Gasteiger partial charge in [-0.2, -0.15) is 0 Å². The van der Waals surface area contributed by atoms with E-state index in [1.54, 1.807) is 0 Å². The SMILES string of the molecule is Clc1ccc(-c2c3ccccc3c(-c3nc(-c4ccccc4)nc(-c4ccccc4)n3)c3ccccc23)c2oc3ccccc3c12. The highest BCUT2D eigenvalue weighted by Crippen LogP contribution is 2.47. The highest BCUT2D eigenvalue weighted by Gasteiger charge is 2.23. The fraction of sp³-hybridized carbons (Fsp3) is 0. The average molecular weight is 610 g/mol. The van der Waals surface area contributed by atoms with Gasteiger partial charge in [-0.3, -0.25) is 0 Å². The molecule has 46 heavy (non-hydrogen) atoms. The first kappa shape index (κ1) is 26.6. The summed E-state index contributed by atoms with van der Waals surface area (Å²) < 4.78 is 6.54. The molecular formula is C41H24ClN3O. The lowest BCUT2D eigenvalue weighted by molar-refractivity contribution is 0.670. The molecule has 0 bridgehead atoms. The van der Waals surface area contributed by atoms with Crippen molar-refractivity contribution >= 4 is 55.1 Å². The highest BCUT2D eigenvalue weighted by atomic mass is 35.5. The maximum Gasteiger partial charge on any atom is 0.165 e. The van der Waals surface area contributed by atoms with Gasteiger partial charge in [0, 0.05) is 38.6 Å². The van der Waals surface area contributed by atoms with Crippen LogP contribution in [0.15, 0.2) is 150 Å². The Hall–Kier alpha value is -5.84. The van der Waals surface area contributed by atoms with E-state index >= 15 is 0 Å². The molecule has 0 radical (unpaired) electrons. The number of furan rings is 1. The molecule has 0 unspecified atom stereocenters. The predicted molar refractivity (Wildman–Crippen MR) is 189 cm³/mol. The van der Waals surface area contributed by atoms with E-state index in [1.807, 2.05) is 84.9 Å². The minimum Gasteiger partial charge on any atom is -0.455 e. The quantitative estimate of drug-likeness (QED) is 0.186. The number of halogens is 1. The standard InChI is InChI=1S/C41H24ClN3O/c42-33-24-23-32(38-37(33)31-21-11-12-22-34(31)46-38)35-27-17-7-9-19-29(27)36(30-20-10-8-18-28(30)35)41-44-39(25-13-3-1-4-14-25)43-40(45-41)26-15-5-2-6-16-26/h1-24H. The van der Waals surface area contributed by atoms with Gasteiger partial charge in [-0.1, -0.05) is 139 Å². The molecular weight excluding hydrogens is 586 g/mol. The van der Waals surface area contributed by atoms with Gasteiger partial charge in [-0.15, -0.1) is 0 Å². The normalized spacial score (nSPS) is 11.6. The second-order valence-electron chi connectivity index (χ2n) is 11.3. The molecule has 0 amide bonds. The lowest BCUT2D eigenvalue weighted by atomic mass is 9.87. The van der Waals surface area contributed by atoms with Crippen LogP contribution in [0, 0.1) is 0 Å². The van der Waals surface area contributed by atoms with Crippen molar-refractivity contribution < 1.29 is 4.42 Å². The Bertz CT molecular complexity index is 2480. The van der Waals surface area contributed by atoms with E-state index in [4.69, 9.17) is 31.0 Å². The van der Waals surface area contributed by atoms with Crippen molar-refractivity contribution in [1.82, 2.24) is 15.0 Å². The van der Waals surface area contributed by atoms with Crippen LogP contribution in [0.25, 0.3) is 88.8 Å². The molecule has 0 spiro atoms. The van der Waals surface area contributed by atoms with E-state index in [9.17, 15) is 0 Å². The lowest BCUT2D eigenvalue weighted by Gasteiger charge is -2.18. The van der Waals surface area contributed by atoms with Crippen molar-refractivity contribution in [2.24, 2.45) is 0 Å². The van der Waals surface area contributed by atoms with Crippen LogP contribution in [0.3, 0.4) is 0 Å². The molecule has 2 heterocycles. The Morgan fingerprint density at radius 2 is 0.870 bits per heavy atom. The number of fused-ring (bicyclic) bond motifs is 5. The third-order valence-electron chi connectivity index (χ3n) is 8.60. The topological polar surface area (TPSA) is 51.8 Å². The highest BCUT2D eigenvalue weighted by molar-refractivity contribution is 6.38. The zero-order chi connectivity index (χ0) is 30.6. The van der Waals surface area contributed by atoms with Gasteiger partial charge in [0.2, 0.25) is 0 Å². The maximum absolute atomic E-state index is 6.83. The van der Waals surface area contributed by atoms with E-state index in [-0.39, 0.29) is 0 Å². The number of benzene rings is 7. The van der Waals surface area contributed by atoms with Crippen molar-refractivity contribution in [3.8, 4) is 45.3 Å². The largest absolute Gasteiger partial charge is 0.455 e. The smallest absolute Gasteiger partial charge is 0.165 e. The van der Waals surface area contributed by atoms with E-state index in [1.165, 1.54) is 0 Å². The van der Waals surface area contributed by atoms with Crippen LogP contribution in [0.1, 0.15) is 0 Å². The second-order valence-corrected chi connectivity index (χ2v) is 11.7. The zero-order valence-electron chi connectivity index (χ0n) is 24.5. The number of hydrogen-bond donors (Lipinski definition) is 0. The number of hydrogen-bond acceptors (Lipinski definition) is 4. The van der Waals surface area contributed by atoms with Gasteiger partial charge in [-0.25, -0.2) is 15.0 Å². The number of rotatable bonds is 4. The van der Waals surface area contributed by atoms with Gasteiger partial charge in [0.05, 0.1) is 5.02 Å². The first-order valence-corrected chi connectivity index (χ1v) is 15.5. The third-order valence-corrected chi connectivity index (χ3v) is 8.91. The van der Waals surface area contributed by atoms with Crippen molar-refractivity contribution in [3.05, 3.63) is 151 Å². The second kappa shape index (κ2) is 10.7. The predicted octanol–water partition coefficient (Wildman–Crippen LogP) is 11.4. The van der Waals surface area contributed by atoms with Crippen LogP contribution in [0.2, 0.25) is 5.02 Å². The van der Waals surface area contributed by atoms with E-state index < -0.39 is 0 Å². The van der Waals surface area contributed by atoms with Crippen LogP contribution in [0.5, 0.6) is 0 Å². The average Bonchev–Trinajstić information content (AvgIpc) is 3.52. The Morgan fingerprint density at radius 1 is 0.413 bits per heavy atom. The van der Waals surface area contributed by atoms with Gasteiger partial charge < -0.3 is 4.42 Å². The molecule has 4 nitrogen and oxygen atoms in total. The molecule has 0 fully saturated rings. The molecule has 0 N–H and O–H groups in total. The summed E-state index contributed by atoms with van der Waals surface area (Å²) in [4.78, 5) is 15.2. The third kappa shape index (κ3) is 4.19. The molecule has 5 heteroatoms. The van der Waals surface area contributed by atoms with Crippen LogP contribution in [-0.2, 0) is 0 Å². The van der Waals surface area contributed by atoms with E-state index in [0.29, 0.717) is 22.5 Å². The van der Waals surface area contributed by atoms with Gasteiger partial charge in [-0.05, 0) is 39.7 Å². The van der Waals surface area contributed by atoms with Crippen molar-refractivity contribution in [2.45, 2.75) is 0 Å². The van der Waals surface area contributed by atoms with Gasteiger partial charge in [0.25, 0.3) is 0 Å². The molecule has 216 valence electrons. The summed E-state index contributed by atoms with van der Waals surface area (Å²) >= 11 is 6.83. The van der Waals surface area contributed by atoms with Crippen LogP contribution in [-0.4, -0.2) is 15.0 Å². The molecule has 0 aliphatic carbocycles. The van der Waals surface area contributed by atoms with Crippen LogP contribution >= 0.6 is 11.6 Å². The summed E-state index contributed by atoms with van der Waals surface area (Å²) in [6, 6.07) is 49.2. The molecule has 9 aromatic rings. The lowest BCUT2D eigenvalue weighted by Crippen LogP contribution is -2.01. The summed E-state index contributed by atoms with van der Waals surface area (Å²) in [6.07, 6.45) is 0. The van der Waals surface area contributed by atoms with Gasteiger partial charge in [0.15, 0.2) is 17.5 Å². The van der Waals surface area contributed by atoms with Gasteiger partial charge in [0.1, 0.15) is 11.2 Å². The monoisotopic (exact) mass is 609 g/mol. The van der Waals surface area contributed by atoms with Crippen LogP contribution in [0.4, 0.5) is 0 Å². The Kier molecular flexibility index (Phi) is 6.15. The molecule has 7 aromatic carbocycles. The first-order valence-electron chi connectivity index (χ1n) is 15.2. The molecule has 0 aliphatic rings. The fourth-order valence-corrected chi connectivity index (χ4v) is 6.82. The number of para-hydroxylation sites is 1. The maximum atomic E-state index is 6.83. The van der Waals surface area contributed by atoms with Gasteiger partial charge >= 0.3 is 0 Å². The molecule has 0 atom stereocenters. The number of aromatic nitrogens is 3. The molecule has 9 rings (SSSR count). The van der Waals surface area contributed by atoms with Crippen molar-refractivity contribution in [2.75, 3.05) is 0 Å². The van der Waals surface area contributed by atoms with Crippen LogP contribution < -0.4 is 0 Å². The number of nitrogens with zero attached hydrogens (tertiary/aromatic N) is 3. The van der Waals surface area contributed by atoms with Crippen molar-refractivity contribution in [3.63, 3.8) is 0 Å². The summed E-state index contributed by atoms with van der Waals surface area (Å²) in [6.45, 7) is 0. The molecule has 0 saturated carbocycles.